The van der Waals surface area contributed by atoms with E-state index >= 15 is 0 Å². The minimum atomic E-state index is -3.32. The molecule has 112 valence electrons. The maximum Gasteiger partial charge on any atom is 0.294 e. The van der Waals surface area contributed by atoms with Crippen molar-refractivity contribution in [2.45, 2.75) is 25.1 Å². The molecule has 1 unspecified atom stereocenters. The molecule has 2 heterocycles. The van der Waals surface area contributed by atoms with E-state index in [2.05, 4.69) is 15.2 Å². The summed E-state index contributed by atoms with van der Waals surface area (Å²) in [4.78, 5) is 17.9. The Kier molecular flexibility index (Phi) is 4.38. The van der Waals surface area contributed by atoms with E-state index in [1.54, 1.807) is 0 Å². The number of aromatic amines is 1. The topological polar surface area (TPSA) is 96.0 Å². The van der Waals surface area contributed by atoms with Gasteiger partial charge >= 0.3 is 0 Å². The van der Waals surface area contributed by atoms with Crippen LogP contribution in [0.4, 0.5) is 0 Å². The summed E-state index contributed by atoms with van der Waals surface area (Å²) in [5.41, 5.74) is 0. The van der Waals surface area contributed by atoms with E-state index < -0.39 is 21.1 Å². The van der Waals surface area contributed by atoms with E-state index in [1.165, 1.54) is 16.7 Å². The van der Waals surface area contributed by atoms with Gasteiger partial charge in [-0.25, -0.2) is 13.4 Å². The van der Waals surface area contributed by atoms with Crippen molar-refractivity contribution in [1.29, 1.82) is 0 Å². The molecule has 1 aromatic heterocycles. The first-order valence-corrected chi connectivity index (χ1v) is 9.41. The Morgan fingerprint density at radius 2 is 2.20 bits per heavy atom. The van der Waals surface area contributed by atoms with E-state index in [4.69, 9.17) is 0 Å². The van der Waals surface area contributed by atoms with Crippen molar-refractivity contribution in [1.82, 2.24) is 20.1 Å². The number of carbonyl (C=O) groups is 1. The van der Waals surface area contributed by atoms with Gasteiger partial charge in [-0.15, -0.1) is 5.10 Å². The van der Waals surface area contributed by atoms with E-state index in [0.717, 1.165) is 12.0 Å². The molecule has 1 aliphatic rings. The summed E-state index contributed by atoms with van der Waals surface area (Å²) in [6.45, 7) is 4.27. The lowest BCUT2D eigenvalue weighted by atomic mass is 10.2. The Hall–Kier alpha value is -1.09. The summed E-state index contributed by atoms with van der Waals surface area (Å²) in [6.07, 6.45) is 1.15. The molecule has 7 nitrogen and oxygen atoms in total. The second-order valence-electron chi connectivity index (χ2n) is 5.06. The number of carbonyl (C=O) groups excluding carboxylic acids is 1. The third-order valence-electron chi connectivity index (χ3n) is 3.08. The van der Waals surface area contributed by atoms with Crippen molar-refractivity contribution < 1.29 is 13.2 Å². The lowest BCUT2D eigenvalue weighted by molar-refractivity contribution is 0.0737. The summed E-state index contributed by atoms with van der Waals surface area (Å²) in [7, 11) is -3.32. The van der Waals surface area contributed by atoms with Gasteiger partial charge in [-0.2, -0.15) is 11.8 Å². The Morgan fingerprint density at radius 1 is 1.50 bits per heavy atom. The van der Waals surface area contributed by atoms with Crippen LogP contribution in [0.3, 0.4) is 0 Å². The van der Waals surface area contributed by atoms with Crippen molar-refractivity contribution >= 4 is 27.5 Å². The van der Waals surface area contributed by atoms with Gasteiger partial charge in [0, 0.05) is 30.2 Å². The molecule has 1 N–H and O–H groups in total. The van der Waals surface area contributed by atoms with E-state index in [0.29, 0.717) is 18.1 Å². The van der Waals surface area contributed by atoms with Crippen LogP contribution in [0.15, 0.2) is 0 Å². The first-order valence-electron chi connectivity index (χ1n) is 6.30. The van der Waals surface area contributed by atoms with Crippen LogP contribution in [0.5, 0.6) is 0 Å². The fraction of sp³-hybridized carbons (Fsp3) is 0.727. The molecular formula is C11H18N4O3S2. The minimum Gasteiger partial charge on any atom is -0.317 e. The lowest BCUT2D eigenvalue weighted by Gasteiger charge is -2.33. The van der Waals surface area contributed by atoms with E-state index in [1.807, 2.05) is 13.8 Å². The molecule has 1 saturated heterocycles. The molecule has 0 spiro atoms. The fourth-order valence-electron chi connectivity index (χ4n) is 1.92. The molecule has 0 aliphatic carbocycles. The molecule has 0 radical (unpaired) electrons. The van der Waals surface area contributed by atoms with E-state index in [-0.39, 0.29) is 11.7 Å². The lowest BCUT2D eigenvalue weighted by Crippen LogP contribution is -2.50. The van der Waals surface area contributed by atoms with Gasteiger partial charge in [0.15, 0.2) is 9.84 Å². The van der Waals surface area contributed by atoms with Gasteiger partial charge in [0.05, 0.1) is 0 Å². The zero-order chi connectivity index (χ0) is 14.9. The van der Waals surface area contributed by atoms with Crippen LogP contribution in [0, 0.1) is 0 Å². The molecule has 1 aromatic rings. The molecule has 1 aliphatic heterocycles. The SMILES string of the molecule is CC(C)c1nc(C(=O)N2CCSCC2S(C)(=O)=O)n[nH]1. The zero-order valence-electron chi connectivity index (χ0n) is 11.7. The first kappa shape index (κ1) is 15.3. The molecule has 0 bridgehead atoms. The largest absolute Gasteiger partial charge is 0.317 e. The number of nitrogens with one attached hydrogen (secondary N) is 1. The number of sulfone groups is 1. The van der Waals surface area contributed by atoms with Crippen LogP contribution >= 0.6 is 11.8 Å². The second kappa shape index (κ2) is 5.72. The zero-order valence-corrected chi connectivity index (χ0v) is 13.3. The van der Waals surface area contributed by atoms with Gasteiger partial charge in [0.2, 0.25) is 5.82 Å². The predicted molar refractivity (Wildman–Crippen MR) is 77.5 cm³/mol. The van der Waals surface area contributed by atoms with Crippen molar-refractivity contribution in [3.63, 3.8) is 0 Å². The van der Waals surface area contributed by atoms with Gasteiger partial charge in [-0.1, -0.05) is 13.8 Å². The quantitative estimate of drug-likeness (QED) is 0.871. The average molecular weight is 318 g/mol. The Bertz CT molecular complexity index is 597. The van der Waals surface area contributed by atoms with Crippen LogP contribution in [-0.4, -0.2) is 64.1 Å². The molecule has 1 fully saturated rings. The monoisotopic (exact) mass is 318 g/mol. The highest BCUT2D eigenvalue weighted by Gasteiger charge is 2.36. The molecule has 2 rings (SSSR count). The molecule has 1 amide bonds. The Labute approximate surface area is 122 Å². The highest BCUT2D eigenvalue weighted by molar-refractivity contribution is 8.00. The molecular weight excluding hydrogens is 300 g/mol. The summed E-state index contributed by atoms with van der Waals surface area (Å²) in [5, 5.41) is 5.82. The Balaban J connectivity index is 2.25. The number of rotatable bonds is 3. The standard InChI is InChI=1S/C11H18N4O3S2/c1-7(2)9-12-10(14-13-9)11(16)15-4-5-19-6-8(15)20(3,17)18/h7-8H,4-6H2,1-3H3,(H,12,13,14). The number of nitrogens with zero attached hydrogens (tertiary/aromatic N) is 3. The average Bonchev–Trinajstić information content (AvgIpc) is 2.86. The number of aromatic nitrogens is 3. The second-order valence-corrected chi connectivity index (χ2v) is 8.41. The fourth-order valence-corrected chi connectivity index (χ4v) is 4.74. The van der Waals surface area contributed by atoms with Gasteiger partial charge in [-0.3, -0.25) is 9.89 Å². The summed E-state index contributed by atoms with van der Waals surface area (Å²) < 4.78 is 23.6. The van der Waals surface area contributed by atoms with Crippen molar-refractivity contribution in [3.8, 4) is 0 Å². The van der Waals surface area contributed by atoms with Crippen molar-refractivity contribution in [2.24, 2.45) is 0 Å². The maximum atomic E-state index is 12.4. The van der Waals surface area contributed by atoms with Crippen LogP contribution < -0.4 is 0 Å². The molecule has 0 aromatic carbocycles. The van der Waals surface area contributed by atoms with Crippen molar-refractivity contribution in [2.75, 3.05) is 24.3 Å². The van der Waals surface area contributed by atoms with Crippen LogP contribution in [0.25, 0.3) is 0 Å². The number of H-pyrrole nitrogens is 1. The number of hydrogen-bond donors (Lipinski definition) is 1. The first-order chi connectivity index (χ1) is 9.30. The van der Waals surface area contributed by atoms with Gasteiger partial charge in [0.1, 0.15) is 11.2 Å². The van der Waals surface area contributed by atoms with Crippen LogP contribution in [0.1, 0.15) is 36.2 Å². The van der Waals surface area contributed by atoms with Crippen molar-refractivity contribution in [3.05, 3.63) is 11.6 Å². The highest BCUT2D eigenvalue weighted by Crippen LogP contribution is 2.22. The van der Waals surface area contributed by atoms with Crippen LogP contribution in [-0.2, 0) is 9.84 Å². The number of amides is 1. The van der Waals surface area contributed by atoms with Gasteiger partial charge in [-0.05, 0) is 0 Å². The summed E-state index contributed by atoms with van der Waals surface area (Å²) in [5.74, 6) is 1.48. The number of hydrogen-bond acceptors (Lipinski definition) is 6. The molecule has 9 heteroatoms. The number of thioether (sulfide) groups is 1. The van der Waals surface area contributed by atoms with Gasteiger partial charge < -0.3 is 4.90 Å². The van der Waals surface area contributed by atoms with Crippen LogP contribution in [0.2, 0.25) is 0 Å². The highest BCUT2D eigenvalue weighted by atomic mass is 32.2. The summed E-state index contributed by atoms with van der Waals surface area (Å²) >= 11 is 1.53. The predicted octanol–water partition coefficient (Wildman–Crippen LogP) is 0.488. The molecule has 0 saturated carbocycles. The molecule has 1 atom stereocenters. The van der Waals surface area contributed by atoms with E-state index in [9.17, 15) is 13.2 Å². The maximum absolute atomic E-state index is 12.4. The smallest absolute Gasteiger partial charge is 0.294 e. The molecule has 20 heavy (non-hydrogen) atoms. The summed E-state index contributed by atoms with van der Waals surface area (Å²) in [6, 6.07) is 0. The van der Waals surface area contributed by atoms with Gasteiger partial charge in [0.25, 0.3) is 5.91 Å². The normalized spacial score (nSPS) is 20.4. The minimum absolute atomic E-state index is 0.0363. The third-order valence-corrected chi connectivity index (χ3v) is 5.72. The third kappa shape index (κ3) is 3.14. The Morgan fingerprint density at radius 3 is 2.75 bits per heavy atom.